The molecule has 8 rings (SSSR count). The molecule has 24 N–H and O–H groups in total. The van der Waals surface area contributed by atoms with Crippen LogP contribution in [0, 0.1) is 0 Å². The van der Waals surface area contributed by atoms with Gasteiger partial charge in [-0.25, -0.2) is 0 Å². The lowest BCUT2D eigenvalue weighted by molar-refractivity contribution is -0.394. The van der Waals surface area contributed by atoms with E-state index in [9.17, 15) is 122 Å². The number of rotatable bonds is 22. The number of ether oxygens (including phenoxy) is 15. The topological polar surface area (TPSA) is 642 Å². The second-order valence-corrected chi connectivity index (χ2v) is 23.9. The van der Waals surface area contributed by atoms with E-state index in [2.05, 4.69) is 10.6 Å². The van der Waals surface area contributed by atoms with Gasteiger partial charge in [-0.3, -0.25) is 9.59 Å². The van der Waals surface area contributed by atoms with Crippen molar-refractivity contribution >= 4 is 11.8 Å². The molecule has 8 aliphatic heterocycles. The molecular formula is C52H88N2O39. The molecule has 0 aromatic rings. The average Bonchev–Trinajstić information content (AvgIpc) is 0.773. The zero-order valence-electron chi connectivity index (χ0n) is 50.1. The molecule has 8 aliphatic rings. The second-order valence-electron chi connectivity index (χ2n) is 23.9. The molecule has 540 valence electrons. The maximum atomic E-state index is 13.3. The smallest absolute Gasteiger partial charge is 0.217 e. The molecule has 0 aliphatic carbocycles. The summed E-state index contributed by atoms with van der Waals surface area (Å²) in [5.41, 5.74) is 0. The van der Waals surface area contributed by atoms with Crippen LogP contribution in [-0.2, 0) is 80.6 Å². The Morgan fingerprint density at radius 2 is 0.624 bits per heavy atom. The Morgan fingerprint density at radius 1 is 0.301 bits per heavy atom. The largest absolute Gasteiger partial charge is 0.394 e. The van der Waals surface area contributed by atoms with Gasteiger partial charge < -0.3 is 194 Å². The van der Waals surface area contributed by atoms with Gasteiger partial charge in [0.25, 0.3) is 0 Å². The van der Waals surface area contributed by atoms with E-state index in [1.807, 2.05) is 0 Å². The SMILES string of the molecule is CC(=O)N[C@H]1[C@H](O[C@H]2[C@@H](O)[C@@H](CO[C@@H]3O[C@H](CO)[C@@H](O[C@@H]4O[C@H](CO)[C@H](O)[C@H](O)[C@H]4O)[C@H](O[C@H]4O[C@H](C)[C@H](O)[C@H](O)[C@H]4O)[C@H]3NC(C)=O)O[C@@H](O[C@H]3[C@H](O)[C@@H](O)[C@H](O)O[C@@H]3CO)[C@@H]2O)O[C@H](CO)[C@@H](O[C@H]2O[C@H](C)[C@H](O)[C@H](O)[C@H]2O)[C@@H]1O[C@@H]1O[C@H](CO)[C@H](O)[C@H](O)[C@H]1O. The number of carbonyl (C=O) groups excluding carboxylic acids is 2. The van der Waals surface area contributed by atoms with Gasteiger partial charge in [-0.1, -0.05) is 0 Å². The van der Waals surface area contributed by atoms with Crippen LogP contribution in [0.25, 0.3) is 0 Å². The predicted octanol–water partition coefficient (Wildman–Crippen LogP) is -16.1. The minimum atomic E-state index is -2.42. The van der Waals surface area contributed by atoms with E-state index in [0.29, 0.717) is 0 Å². The average molecular weight is 1370 g/mol. The quantitative estimate of drug-likeness (QED) is 0.0479. The van der Waals surface area contributed by atoms with E-state index in [4.69, 9.17) is 71.1 Å². The van der Waals surface area contributed by atoms with Crippen LogP contribution in [-0.4, -0.2) is 409 Å². The van der Waals surface area contributed by atoms with Crippen molar-refractivity contribution in [2.24, 2.45) is 0 Å². The lowest BCUT2D eigenvalue weighted by Crippen LogP contribution is -2.71. The van der Waals surface area contributed by atoms with Gasteiger partial charge in [-0.15, -0.1) is 0 Å². The summed E-state index contributed by atoms with van der Waals surface area (Å²) < 4.78 is 89.1. The predicted molar refractivity (Wildman–Crippen MR) is 285 cm³/mol. The third-order valence-corrected chi connectivity index (χ3v) is 17.4. The summed E-state index contributed by atoms with van der Waals surface area (Å²) in [6.45, 7) is -1.88. The molecule has 0 unspecified atom stereocenters. The lowest BCUT2D eigenvalue weighted by Gasteiger charge is -2.52. The fourth-order valence-electron chi connectivity index (χ4n) is 12.1. The van der Waals surface area contributed by atoms with Crippen LogP contribution < -0.4 is 10.6 Å². The van der Waals surface area contributed by atoms with Crippen molar-refractivity contribution in [2.75, 3.05) is 39.6 Å². The molecule has 8 heterocycles. The fraction of sp³-hybridized carbons (Fsp3) is 0.962. The molecule has 8 fully saturated rings. The van der Waals surface area contributed by atoms with Crippen molar-refractivity contribution < 1.29 is 193 Å². The summed E-state index contributed by atoms with van der Waals surface area (Å²) in [5, 5.41) is 244. The van der Waals surface area contributed by atoms with E-state index in [-0.39, 0.29) is 0 Å². The lowest BCUT2D eigenvalue weighted by atomic mass is 9.93. The number of aliphatic hydroxyl groups is 22. The van der Waals surface area contributed by atoms with E-state index in [0.717, 1.165) is 13.8 Å². The molecule has 8 saturated heterocycles. The Hall–Kier alpha value is -2.54. The van der Waals surface area contributed by atoms with Crippen molar-refractivity contribution in [2.45, 2.75) is 273 Å². The van der Waals surface area contributed by atoms with Gasteiger partial charge in [0.2, 0.25) is 11.8 Å². The molecule has 2 amide bonds. The first-order valence-corrected chi connectivity index (χ1v) is 29.9. The van der Waals surface area contributed by atoms with Crippen LogP contribution in [0.4, 0.5) is 0 Å². The standard InChI is InChI=1S/C52H88N2O39/c1-11-23(62)28(67)34(73)48(80-11)89-41-19(9-59)86-47(22(54-14(4)61)43(41)92-51-37(76)31(70)26(65)16(6-56)84-51)93-44-27(66)20(87-52(38(44)77)88-39-17(7-57)82-45(78)33(72)32(39)71)10-79-46-21(53-13(3)60)42(91-49-35(74)29(68)24(63)12(2)81-49)40(18(8-58)85-46)90-50-36(75)30(69)25(64)15(5-55)83-50/h11-12,15-52,55-59,62-78H,5-10H2,1-4H3,(H,53,60)(H,54,61)/t11-,12-,15-,16-,17-,18-,19-,20-,21-,22-,23+,24+,25+,26+,27+,28+,29+,30+,31+,32-,33-,34-,35-,36-,37-,38-,39-,40-,41-,42-,43-,44+,45-,46-,47+,48-,49-,50+,51+,52+/m1/s1. The third kappa shape index (κ3) is 16.4. The van der Waals surface area contributed by atoms with E-state index < -0.39 is 297 Å². The van der Waals surface area contributed by atoms with Gasteiger partial charge >= 0.3 is 0 Å². The molecule has 41 nitrogen and oxygen atoms in total. The molecule has 40 atom stereocenters. The highest BCUT2D eigenvalue weighted by Gasteiger charge is 2.60. The van der Waals surface area contributed by atoms with Gasteiger partial charge in [0, 0.05) is 13.8 Å². The summed E-state index contributed by atoms with van der Waals surface area (Å²) in [6.07, 6.45) is -75.1. The van der Waals surface area contributed by atoms with Gasteiger partial charge in [-0.05, 0) is 13.8 Å². The van der Waals surface area contributed by atoms with E-state index in [1.54, 1.807) is 0 Å². The molecule has 0 bridgehead atoms. The molecular weight excluding hydrogens is 1280 g/mol. The molecule has 93 heavy (non-hydrogen) atoms. The number of carbonyl (C=O) groups is 2. The Labute approximate surface area is 527 Å². The van der Waals surface area contributed by atoms with Crippen LogP contribution >= 0.6 is 0 Å². The first-order chi connectivity index (χ1) is 43.9. The maximum Gasteiger partial charge on any atom is 0.217 e. The van der Waals surface area contributed by atoms with Gasteiger partial charge in [-0.2, -0.15) is 0 Å². The van der Waals surface area contributed by atoms with Gasteiger partial charge in [0.05, 0.1) is 51.8 Å². The number of hydrogen-bond acceptors (Lipinski definition) is 39. The maximum absolute atomic E-state index is 13.3. The highest BCUT2D eigenvalue weighted by atomic mass is 16.8. The number of nitrogens with one attached hydrogen (secondary N) is 2. The summed E-state index contributed by atoms with van der Waals surface area (Å²) >= 11 is 0. The minimum Gasteiger partial charge on any atom is -0.394 e. The number of amides is 2. The summed E-state index contributed by atoms with van der Waals surface area (Å²) in [6, 6.07) is -3.82. The Morgan fingerprint density at radius 3 is 1.04 bits per heavy atom. The van der Waals surface area contributed by atoms with Crippen LogP contribution in [0.3, 0.4) is 0 Å². The Kier molecular flexibility index (Phi) is 26.7. The van der Waals surface area contributed by atoms with Crippen LogP contribution in [0.5, 0.6) is 0 Å². The second kappa shape index (κ2) is 32.6. The highest BCUT2D eigenvalue weighted by molar-refractivity contribution is 5.73. The summed E-state index contributed by atoms with van der Waals surface area (Å²) in [5.74, 6) is -1.88. The highest BCUT2D eigenvalue weighted by Crippen LogP contribution is 2.39. The third-order valence-electron chi connectivity index (χ3n) is 17.4. The molecule has 0 aromatic carbocycles. The van der Waals surface area contributed by atoms with Crippen molar-refractivity contribution in [1.29, 1.82) is 0 Å². The Bertz CT molecular complexity index is 2350. The van der Waals surface area contributed by atoms with Crippen LogP contribution in [0.15, 0.2) is 0 Å². The Balaban J connectivity index is 1.17. The van der Waals surface area contributed by atoms with Crippen molar-refractivity contribution in [3.8, 4) is 0 Å². The molecule has 0 aromatic heterocycles. The molecule has 0 radical (unpaired) electrons. The van der Waals surface area contributed by atoms with E-state index >= 15 is 0 Å². The first-order valence-electron chi connectivity index (χ1n) is 29.9. The minimum absolute atomic E-state index is 0.913. The van der Waals surface area contributed by atoms with Gasteiger partial charge in [0.1, 0.15) is 183 Å². The van der Waals surface area contributed by atoms with Crippen molar-refractivity contribution in [3.05, 3.63) is 0 Å². The fourth-order valence-corrected chi connectivity index (χ4v) is 12.1. The molecule has 0 spiro atoms. The summed E-state index contributed by atoms with van der Waals surface area (Å²) in [7, 11) is 0. The van der Waals surface area contributed by atoms with Crippen molar-refractivity contribution in [3.63, 3.8) is 0 Å². The van der Waals surface area contributed by atoms with Gasteiger partial charge in [0.15, 0.2) is 50.3 Å². The summed E-state index contributed by atoms with van der Waals surface area (Å²) in [4.78, 5) is 26.5. The van der Waals surface area contributed by atoms with Crippen molar-refractivity contribution in [1.82, 2.24) is 10.6 Å². The monoisotopic (exact) mass is 1360 g/mol. The van der Waals surface area contributed by atoms with Crippen LogP contribution in [0.1, 0.15) is 27.7 Å². The zero-order valence-corrected chi connectivity index (χ0v) is 50.1. The molecule has 41 heteroatoms. The van der Waals surface area contributed by atoms with E-state index in [1.165, 1.54) is 13.8 Å². The first kappa shape index (κ1) is 76.2. The number of hydrogen-bond donors (Lipinski definition) is 24. The molecule has 0 saturated carbocycles. The zero-order chi connectivity index (χ0) is 68.5. The number of aliphatic hydroxyl groups excluding tert-OH is 22. The normalized spacial score (nSPS) is 51.6. The van der Waals surface area contributed by atoms with Crippen LogP contribution in [0.2, 0.25) is 0 Å².